The maximum atomic E-state index is 13.2. The molecule has 0 spiro atoms. The van der Waals surface area contributed by atoms with Crippen molar-refractivity contribution in [1.82, 2.24) is 0 Å². The number of unbranched alkanes of at least 4 members (excludes halogenated alkanes) is 1. The fourth-order valence-electron chi connectivity index (χ4n) is 4.73. The van der Waals surface area contributed by atoms with Crippen molar-refractivity contribution in [2.45, 2.75) is 70.2 Å². The molecular formula is C28H31NO11. The van der Waals surface area contributed by atoms with Gasteiger partial charge in [0.2, 0.25) is 0 Å². The minimum Gasteiger partial charge on any atom is -0.458 e. The van der Waals surface area contributed by atoms with Gasteiger partial charge in [-0.2, -0.15) is 0 Å². The number of ether oxygens (including phenoxy) is 5. The molecule has 2 heterocycles. The standard InChI is InChI=1S/C28H31NO11/c1-3-4-9-22(38-17(2)30)20-7-5-6-8-21(20)28(32)40-24-16-36-25-23(15-35-26(24)25)39-27(31)19-12-10-18(11-13-19)14-37-29(33)34/h5-8,10-13,22-26H,3-4,9,14-16H2,1-2H3/t22?,23-,24?,25-,26-/m1/s1. The molecule has 0 radical (unpaired) electrons. The monoisotopic (exact) mass is 557 g/mol. The fourth-order valence-corrected chi connectivity index (χ4v) is 4.73. The number of fused-ring (bicyclic) bond motifs is 1. The van der Waals surface area contributed by atoms with Gasteiger partial charge in [-0.15, -0.1) is 10.1 Å². The highest BCUT2D eigenvalue weighted by Gasteiger charge is 2.51. The van der Waals surface area contributed by atoms with Gasteiger partial charge < -0.3 is 28.5 Å². The molecule has 2 unspecified atom stereocenters. The summed E-state index contributed by atoms with van der Waals surface area (Å²) in [7, 11) is 0. The van der Waals surface area contributed by atoms with E-state index in [-0.39, 0.29) is 25.4 Å². The maximum Gasteiger partial charge on any atom is 0.339 e. The summed E-state index contributed by atoms with van der Waals surface area (Å²) >= 11 is 0. The Morgan fingerprint density at radius 1 is 0.975 bits per heavy atom. The van der Waals surface area contributed by atoms with Gasteiger partial charge in [-0.25, -0.2) is 9.59 Å². The summed E-state index contributed by atoms with van der Waals surface area (Å²) in [6.45, 7) is 3.25. The van der Waals surface area contributed by atoms with Crippen LogP contribution in [-0.4, -0.2) is 60.6 Å². The Morgan fingerprint density at radius 2 is 1.60 bits per heavy atom. The SMILES string of the molecule is CCCCC(OC(C)=O)c1ccccc1C(=O)OC1CO[C@H]2[C@@H]1OC[C@H]2OC(=O)c1ccc(CO[N+](=O)[O-])cc1. The molecule has 2 aliphatic heterocycles. The molecule has 2 aromatic carbocycles. The first-order valence-electron chi connectivity index (χ1n) is 13.0. The molecule has 12 heteroatoms. The fraction of sp³-hybridized carbons (Fsp3) is 0.464. The lowest BCUT2D eigenvalue weighted by Gasteiger charge is -2.21. The Kier molecular flexibility index (Phi) is 9.67. The molecule has 5 atom stereocenters. The van der Waals surface area contributed by atoms with Gasteiger partial charge in [0.15, 0.2) is 12.2 Å². The van der Waals surface area contributed by atoms with Crippen LogP contribution in [0.25, 0.3) is 0 Å². The van der Waals surface area contributed by atoms with Gasteiger partial charge in [-0.05, 0) is 36.6 Å². The molecule has 40 heavy (non-hydrogen) atoms. The van der Waals surface area contributed by atoms with Gasteiger partial charge >= 0.3 is 17.9 Å². The third-order valence-electron chi connectivity index (χ3n) is 6.66. The summed E-state index contributed by atoms with van der Waals surface area (Å²) in [4.78, 5) is 52.3. The van der Waals surface area contributed by atoms with Crippen molar-refractivity contribution in [3.8, 4) is 0 Å². The molecule has 2 fully saturated rings. The number of rotatable bonds is 12. The van der Waals surface area contributed by atoms with Crippen LogP contribution in [0.3, 0.4) is 0 Å². The Balaban J connectivity index is 1.36. The number of hydrogen-bond donors (Lipinski definition) is 0. The van der Waals surface area contributed by atoms with E-state index in [0.29, 0.717) is 23.1 Å². The number of benzene rings is 2. The minimum absolute atomic E-state index is 0.0612. The zero-order valence-electron chi connectivity index (χ0n) is 22.2. The first-order valence-corrected chi connectivity index (χ1v) is 13.0. The van der Waals surface area contributed by atoms with Crippen LogP contribution in [0.15, 0.2) is 48.5 Å². The number of carbonyl (C=O) groups excluding carboxylic acids is 3. The molecule has 0 aromatic heterocycles. The van der Waals surface area contributed by atoms with Crippen LogP contribution in [0.2, 0.25) is 0 Å². The van der Waals surface area contributed by atoms with E-state index >= 15 is 0 Å². The van der Waals surface area contributed by atoms with Gasteiger partial charge in [-0.3, -0.25) is 4.79 Å². The van der Waals surface area contributed by atoms with Crippen molar-refractivity contribution in [2.75, 3.05) is 13.2 Å². The highest BCUT2D eigenvalue weighted by atomic mass is 16.9. The lowest BCUT2D eigenvalue weighted by atomic mass is 9.98. The molecule has 0 bridgehead atoms. The Bertz CT molecular complexity index is 1210. The second-order valence-electron chi connectivity index (χ2n) is 9.50. The summed E-state index contributed by atoms with van der Waals surface area (Å²) in [5, 5.41) is 9.45. The molecule has 4 rings (SSSR count). The average molecular weight is 558 g/mol. The quantitative estimate of drug-likeness (QED) is 0.162. The van der Waals surface area contributed by atoms with Crippen LogP contribution in [0.5, 0.6) is 0 Å². The van der Waals surface area contributed by atoms with Crippen LogP contribution >= 0.6 is 0 Å². The third kappa shape index (κ3) is 7.13. The van der Waals surface area contributed by atoms with Crippen molar-refractivity contribution in [3.05, 3.63) is 80.9 Å². The second kappa shape index (κ2) is 13.4. The molecule has 214 valence electrons. The summed E-state index contributed by atoms with van der Waals surface area (Å²) in [6.07, 6.45) is -0.969. The zero-order valence-corrected chi connectivity index (χ0v) is 22.2. The number of carbonyl (C=O) groups is 3. The molecule has 0 N–H and O–H groups in total. The summed E-state index contributed by atoms with van der Waals surface area (Å²) in [5.74, 6) is -1.64. The highest BCUT2D eigenvalue weighted by Crippen LogP contribution is 2.33. The van der Waals surface area contributed by atoms with Crippen LogP contribution < -0.4 is 0 Å². The van der Waals surface area contributed by atoms with E-state index in [0.717, 1.165) is 12.8 Å². The molecule has 0 amide bonds. The summed E-state index contributed by atoms with van der Waals surface area (Å²) < 4.78 is 28.5. The van der Waals surface area contributed by atoms with Gasteiger partial charge in [0.25, 0.3) is 5.09 Å². The molecule has 2 aliphatic rings. The molecule has 0 saturated carbocycles. The summed E-state index contributed by atoms with van der Waals surface area (Å²) in [6, 6.07) is 12.9. The molecular weight excluding hydrogens is 526 g/mol. The summed E-state index contributed by atoms with van der Waals surface area (Å²) in [5.41, 5.74) is 1.63. The Hall–Kier alpha value is -4.03. The van der Waals surface area contributed by atoms with Crippen molar-refractivity contribution in [1.29, 1.82) is 0 Å². The van der Waals surface area contributed by atoms with Crippen LogP contribution in [0, 0.1) is 10.1 Å². The molecule has 12 nitrogen and oxygen atoms in total. The lowest BCUT2D eigenvalue weighted by molar-refractivity contribution is -0.763. The third-order valence-corrected chi connectivity index (χ3v) is 6.66. The average Bonchev–Trinajstić information content (AvgIpc) is 3.53. The number of hydrogen-bond acceptors (Lipinski definition) is 11. The smallest absolute Gasteiger partial charge is 0.339 e. The van der Waals surface area contributed by atoms with E-state index in [9.17, 15) is 24.5 Å². The first-order chi connectivity index (χ1) is 19.3. The molecule has 2 aromatic rings. The normalized spacial score (nSPS) is 22.1. The first kappa shape index (κ1) is 29.0. The van der Waals surface area contributed by atoms with E-state index in [1.165, 1.54) is 31.2 Å². The number of esters is 3. The zero-order chi connectivity index (χ0) is 28.6. The van der Waals surface area contributed by atoms with Crippen LogP contribution in [0.1, 0.15) is 71.1 Å². The molecule has 0 aliphatic carbocycles. The van der Waals surface area contributed by atoms with Gasteiger partial charge in [0.1, 0.15) is 24.9 Å². The van der Waals surface area contributed by atoms with Crippen molar-refractivity contribution in [3.63, 3.8) is 0 Å². The van der Waals surface area contributed by atoms with Gasteiger partial charge in [-0.1, -0.05) is 43.7 Å². The van der Waals surface area contributed by atoms with Crippen molar-refractivity contribution < 1.29 is 48.0 Å². The highest BCUT2D eigenvalue weighted by molar-refractivity contribution is 5.91. The van der Waals surface area contributed by atoms with Gasteiger partial charge in [0.05, 0.1) is 24.3 Å². The second-order valence-corrected chi connectivity index (χ2v) is 9.50. The largest absolute Gasteiger partial charge is 0.458 e. The van der Waals surface area contributed by atoms with Gasteiger partial charge in [0, 0.05) is 12.5 Å². The predicted octanol–water partition coefficient (Wildman–Crippen LogP) is 3.74. The topological polar surface area (TPSA) is 150 Å². The lowest BCUT2D eigenvalue weighted by Crippen LogP contribution is -2.36. The van der Waals surface area contributed by atoms with Crippen molar-refractivity contribution >= 4 is 17.9 Å². The predicted molar refractivity (Wildman–Crippen MR) is 137 cm³/mol. The maximum absolute atomic E-state index is 13.2. The van der Waals surface area contributed by atoms with Crippen molar-refractivity contribution in [2.24, 2.45) is 0 Å². The Labute approximate surface area is 230 Å². The van der Waals surface area contributed by atoms with E-state index < -0.39 is 53.5 Å². The van der Waals surface area contributed by atoms with E-state index in [2.05, 4.69) is 4.84 Å². The minimum atomic E-state index is -0.892. The van der Waals surface area contributed by atoms with E-state index in [4.69, 9.17) is 23.7 Å². The van der Waals surface area contributed by atoms with Crippen LogP contribution in [-0.2, 0) is 39.9 Å². The van der Waals surface area contributed by atoms with Crippen LogP contribution in [0.4, 0.5) is 0 Å². The number of nitrogens with zero attached hydrogens (tertiary/aromatic N) is 1. The van der Waals surface area contributed by atoms with E-state index in [1.54, 1.807) is 24.3 Å². The Morgan fingerprint density at radius 3 is 2.20 bits per heavy atom. The molecule has 2 saturated heterocycles. The van der Waals surface area contributed by atoms with E-state index in [1.807, 2.05) is 6.92 Å².